The maximum atomic E-state index is 13.6. The molecule has 1 aromatic rings. The zero-order valence-electron chi connectivity index (χ0n) is 16.5. The van der Waals surface area contributed by atoms with E-state index in [9.17, 15) is 4.79 Å². The lowest BCUT2D eigenvalue weighted by molar-refractivity contribution is -0.457. The van der Waals surface area contributed by atoms with Gasteiger partial charge in [0.15, 0.2) is 0 Å². The van der Waals surface area contributed by atoms with Gasteiger partial charge in [-0.1, -0.05) is 30.3 Å². The molecule has 6 rings (SSSR count). The fraction of sp³-hybridized carbons (Fsp3) is 0.640. The van der Waals surface area contributed by atoms with Crippen LogP contribution in [0.4, 0.5) is 0 Å². The predicted octanol–water partition coefficient (Wildman–Crippen LogP) is 3.38. The lowest BCUT2D eigenvalue weighted by atomic mass is 9.05. The highest BCUT2D eigenvalue weighted by Gasteiger charge is 2.97. The third-order valence-electron chi connectivity index (χ3n) is 9.75. The molecule has 3 N–H and O–H groups in total. The Hall–Kier alpha value is -1.79. The first-order valence-corrected chi connectivity index (χ1v) is 11.1. The maximum Gasteiger partial charge on any atom is 0.227 e. The molecule has 6 atom stereocenters. The van der Waals surface area contributed by atoms with Crippen LogP contribution in [0.1, 0.15) is 56.9 Å². The lowest BCUT2D eigenvalue weighted by Crippen LogP contribution is -2.96. The Kier molecular flexibility index (Phi) is 3.31. The van der Waals surface area contributed by atoms with E-state index in [2.05, 4.69) is 41.6 Å². The van der Waals surface area contributed by atoms with Gasteiger partial charge in [0.05, 0.1) is 5.41 Å². The third kappa shape index (κ3) is 1.64. The number of nitrogens with two attached hydrogens (primary N) is 1. The smallest absolute Gasteiger partial charge is 0.227 e. The minimum Gasteiger partial charge on any atom is -0.353 e. The monoisotopic (exact) mass is 374 g/mol. The molecule has 5 saturated carbocycles. The normalized spacial score (nSPS) is 49.6. The van der Waals surface area contributed by atoms with Gasteiger partial charge in [-0.2, -0.15) is 0 Å². The van der Waals surface area contributed by atoms with E-state index < -0.39 is 0 Å². The number of carbonyl (C=O) groups is 1. The molecule has 6 unspecified atom stereocenters. The van der Waals surface area contributed by atoms with Crippen LogP contribution >= 0.6 is 0 Å². The summed E-state index contributed by atoms with van der Waals surface area (Å²) in [6.07, 6.45) is 14.0. The van der Waals surface area contributed by atoms with Crippen LogP contribution in [0.25, 0.3) is 0 Å². The minimum absolute atomic E-state index is 0.124. The van der Waals surface area contributed by atoms with E-state index >= 15 is 0 Å². The first kappa shape index (κ1) is 17.1. The van der Waals surface area contributed by atoms with Crippen LogP contribution < -0.4 is 11.1 Å². The Morgan fingerprint density at radius 3 is 2.54 bits per heavy atom. The highest BCUT2D eigenvalue weighted by Crippen LogP contribution is 2.98. The van der Waals surface area contributed by atoms with E-state index in [1.54, 1.807) is 0 Å². The van der Waals surface area contributed by atoms with Crippen LogP contribution in [0.2, 0.25) is 0 Å². The Morgan fingerprint density at radius 2 is 1.86 bits per heavy atom. The summed E-state index contributed by atoms with van der Waals surface area (Å²) in [6.45, 7) is 0. The number of hydrogen-bond acceptors (Lipinski definition) is 2. The number of benzene rings is 1. The summed E-state index contributed by atoms with van der Waals surface area (Å²) in [5, 5.41) is 3.46. The van der Waals surface area contributed by atoms with Crippen molar-refractivity contribution in [1.29, 1.82) is 0 Å². The Balaban J connectivity index is 1.28. The second kappa shape index (κ2) is 5.42. The molecule has 5 aliphatic carbocycles. The van der Waals surface area contributed by atoms with Gasteiger partial charge in [-0.05, 0) is 68.3 Å². The predicted molar refractivity (Wildman–Crippen MR) is 109 cm³/mol. The molecule has 1 spiro atoms. The molecule has 0 aromatic heterocycles. The van der Waals surface area contributed by atoms with Crippen molar-refractivity contribution in [3.63, 3.8) is 0 Å². The summed E-state index contributed by atoms with van der Waals surface area (Å²) in [7, 11) is 0. The highest BCUT2D eigenvalue weighted by atomic mass is 16.2. The van der Waals surface area contributed by atoms with Crippen LogP contribution in [-0.4, -0.2) is 18.0 Å². The first-order chi connectivity index (χ1) is 13.6. The molecule has 1 aromatic carbocycles. The summed E-state index contributed by atoms with van der Waals surface area (Å²) in [4.78, 5) is 13.6. The molecule has 0 heterocycles. The van der Waals surface area contributed by atoms with E-state index in [-0.39, 0.29) is 16.2 Å². The standard InChI is InChI=1S/C25H30N2O/c1-2-6-19-20-13-23(16-7-4-3-5-8-16)15-24(14-21(19)25(20,23)24)22(28)27-18-11-9-17(26)10-12-18/h1,3-5,7-8,17-21H,6,9-15,26H2,(H,27,28). The van der Waals surface area contributed by atoms with Crippen LogP contribution in [0, 0.1) is 40.9 Å². The van der Waals surface area contributed by atoms with Crippen LogP contribution in [0.15, 0.2) is 30.3 Å². The molecule has 0 bridgehead atoms. The van der Waals surface area contributed by atoms with Crippen molar-refractivity contribution >= 4 is 5.91 Å². The van der Waals surface area contributed by atoms with E-state index in [0.29, 0.717) is 35.7 Å². The summed E-state index contributed by atoms with van der Waals surface area (Å²) in [5.74, 6) is 5.22. The van der Waals surface area contributed by atoms with Crippen molar-refractivity contribution in [2.24, 2.45) is 34.3 Å². The fourth-order valence-electron chi connectivity index (χ4n) is 8.87. The maximum absolute atomic E-state index is 13.6. The number of carbonyl (C=O) groups excluding carboxylic acids is 1. The molecule has 146 valence electrons. The van der Waals surface area contributed by atoms with Gasteiger partial charge in [0.1, 0.15) is 0 Å². The number of terminal acetylenes is 1. The number of amides is 1. The molecule has 5 aliphatic rings. The molecule has 3 heteroatoms. The molecular weight excluding hydrogens is 344 g/mol. The Morgan fingerprint density at radius 1 is 1.14 bits per heavy atom. The number of rotatable bonds is 4. The topological polar surface area (TPSA) is 55.1 Å². The Labute approximate surface area is 167 Å². The van der Waals surface area contributed by atoms with Gasteiger partial charge < -0.3 is 11.1 Å². The number of hydrogen-bond donors (Lipinski definition) is 2. The summed E-state index contributed by atoms with van der Waals surface area (Å²) in [6, 6.07) is 11.6. The largest absolute Gasteiger partial charge is 0.353 e. The van der Waals surface area contributed by atoms with Crippen molar-refractivity contribution in [1.82, 2.24) is 5.32 Å². The molecule has 1 amide bonds. The second-order valence-electron chi connectivity index (χ2n) is 10.4. The van der Waals surface area contributed by atoms with Gasteiger partial charge in [0, 0.05) is 29.3 Å². The average molecular weight is 375 g/mol. The molecule has 28 heavy (non-hydrogen) atoms. The fourth-order valence-corrected chi connectivity index (χ4v) is 8.87. The van der Waals surface area contributed by atoms with Gasteiger partial charge in [-0.25, -0.2) is 0 Å². The van der Waals surface area contributed by atoms with E-state index in [1.165, 1.54) is 12.0 Å². The highest BCUT2D eigenvalue weighted by molar-refractivity contribution is 5.90. The lowest BCUT2D eigenvalue weighted by Gasteiger charge is -2.97. The molecule has 0 saturated heterocycles. The van der Waals surface area contributed by atoms with Crippen LogP contribution in [0.5, 0.6) is 0 Å². The van der Waals surface area contributed by atoms with E-state index in [0.717, 1.165) is 44.9 Å². The average Bonchev–Trinajstić information content (AvgIpc) is 2.66. The van der Waals surface area contributed by atoms with E-state index in [4.69, 9.17) is 12.2 Å². The zero-order valence-corrected chi connectivity index (χ0v) is 16.5. The van der Waals surface area contributed by atoms with Crippen molar-refractivity contribution in [2.75, 3.05) is 0 Å². The third-order valence-corrected chi connectivity index (χ3v) is 9.75. The quantitative estimate of drug-likeness (QED) is 0.794. The van der Waals surface area contributed by atoms with Crippen molar-refractivity contribution in [3.8, 4) is 12.3 Å². The molecule has 0 radical (unpaired) electrons. The van der Waals surface area contributed by atoms with Crippen molar-refractivity contribution < 1.29 is 4.79 Å². The minimum atomic E-state index is -0.124. The summed E-state index contributed by atoms with van der Waals surface area (Å²) < 4.78 is 0. The van der Waals surface area contributed by atoms with Gasteiger partial charge in [0.25, 0.3) is 0 Å². The van der Waals surface area contributed by atoms with Gasteiger partial charge >= 0.3 is 0 Å². The van der Waals surface area contributed by atoms with Gasteiger partial charge in [0.2, 0.25) is 5.91 Å². The zero-order chi connectivity index (χ0) is 19.1. The molecular formula is C25H30N2O. The molecule has 3 nitrogen and oxygen atoms in total. The molecule has 0 aliphatic heterocycles. The van der Waals surface area contributed by atoms with Crippen LogP contribution in [0.3, 0.4) is 0 Å². The SMILES string of the molecule is C#CCC1C2CC3(C(=O)NC4CCC(N)CC4)CC4(c5ccccc5)CC1C234. The van der Waals surface area contributed by atoms with Crippen LogP contribution in [-0.2, 0) is 10.2 Å². The number of nitrogens with one attached hydrogen (secondary N) is 1. The summed E-state index contributed by atoms with van der Waals surface area (Å²) >= 11 is 0. The van der Waals surface area contributed by atoms with Gasteiger partial charge in [-0.15, -0.1) is 12.3 Å². The second-order valence-corrected chi connectivity index (χ2v) is 10.4. The summed E-state index contributed by atoms with van der Waals surface area (Å²) in [5.41, 5.74) is 7.83. The van der Waals surface area contributed by atoms with Gasteiger partial charge in [-0.3, -0.25) is 4.79 Å². The van der Waals surface area contributed by atoms with Crippen molar-refractivity contribution in [2.45, 2.75) is 68.9 Å². The Bertz CT molecular complexity index is 858. The molecule has 5 fully saturated rings. The van der Waals surface area contributed by atoms with Crippen molar-refractivity contribution in [3.05, 3.63) is 35.9 Å². The first-order valence-electron chi connectivity index (χ1n) is 11.1. The van der Waals surface area contributed by atoms with E-state index in [1.807, 2.05) is 0 Å².